The van der Waals surface area contributed by atoms with Crippen molar-refractivity contribution in [1.82, 2.24) is 14.9 Å². The second-order valence-corrected chi connectivity index (χ2v) is 4.42. The number of methoxy groups -OCH3 is 1. The second-order valence-electron chi connectivity index (χ2n) is 4.42. The van der Waals surface area contributed by atoms with Gasteiger partial charge in [0, 0.05) is 13.7 Å². The SMILES string of the molecule is CCNC(=O)C(C)Nc1c(N)n(CCOC)c(=O)[nH]c1=O. The van der Waals surface area contributed by atoms with Crippen LogP contribution in [0, 0.1) is 0 Å². The highest BCUT2D eigenvalue weighted by atomic mass is 16.5. The van der Waals surface area contributed by atoms with Crippen LogP contribution in [0.3, 0.4) is 0 Å². The summed E-state index contributed by atoms with van der Waals surface area (Å²) in [6, 6.07) is -0.665. The molecule has 0 radical (unpaired) electrons. The number of nitrogens with zero attached hydrogens (tertiary/aromatic N) is 1. The fraction of sp³-hybridized carbons (Fsp3) is 0.583. The highest BCUT2D eigenvalue weighted by molar-refractivity contribution is 5.84. The molecular formula is C12H21N5O4. The summed E-state index contributed by atoms with van der Waals surface area (Å²) < 4.78 is 6.06. The third-order valence-electron chi connectivity index (χ3n) is 2.86. The van der Waals surface area contributed by atoms with Crippen LogP contribution in [0.4, 0.5) is 11.5 Å². The summed E-state index contributed by atoms with van der Waals surface area (Å²) >= 11 is 0. The number of carbonyl (C=O) groups excluding carboxylic acids is 1. The van der Waals surface area contributed by atoms with Gasteiger partial charge in [0.1, 0.15) is 17.5 Å². The van der Waals surface area contributed by atoms with E-state index in [9.17, 15) is 14.4 Å². The average molecular weight is 299 g/mol. The Hall–Kier alpha value is -2.29. The van der Waals surface area contributed by atoms with E-state index in [0.29, 0.717) is 6.54 Å². The summed E-state index contributed by atoms with van der Waals surface area (Å²) in [5.41, 5.74) is 4.55. The van der Waals surface area contributed by atoms with Crippen molar-refractivity contribution in [2.75, 3.05) is 31.3 Å². The number of likely N-dealkylation sites (N-methyl/N-ethyl adjacent to an activating group) is 1. The van der Waals surface area contributed by atoms with E-state index < -0.39 is 17.3 Å². The quantitative estimate of drug-likeness (QED) is 0.495. The fourth-order valence-electron chi connectivity index (χ4n) is 1.74. The van der Waals surface area contributed by atoms with Crippen LogP contribution in [0.15, 0.2) is 9.59 Å². The number of ether oxygens (including phenoxy) is 1. The Morgan fingerprint density at radius 3 is 2.71 bits per heavy atom. The summed E-state index contributed by atoms with van der Waals surface area (Å²) in [5.74, 6) is -0.303. The van der Waals surface area contributed by atoms with E-state index in [0.717, 1.165) is 0 Å². The Morgan fingerprint density at radius 1 is 1.48 bits per heavy atom. The first kappa shape index (κ1) is 16.8. The lowest BCUT2D eigenvalue weighted by Gasteiger charge is -2.17. The van der Waals surface area contributed by atoms with Crippen LogP contribution in [0.1, 0.15) is 13.8 Å². The van der Waals surface area contributed by atoms with Gasteiger partial charge in [0.2, 0.25) is 5.91 Å². The van der Waals surface area contributed by atoms with Crippen molar-refractivity contribution in [3.8, 4) is 0 Å². The first-order chi connectivity index (χ1) is 9.92. The van der Waals surface area contributed by atoms with Crippen molar-refractivity contribution in [2.24, 2.45) is 0 Å². The van der Waals surface area contributed by atoms with E-state index in [-0.39, 0.29) is 30.6 Å². The molecule has 1 rings (SSSR count). The number of hydrogen-bond donors (Lipinski definition) is 4. The second kappa shape index (κ2) is 7.48. The first-order valence-corrected chi connectivity index (χ1v) is 6.58. The number of H-pyrrole nitrogens is 1. The van der Waals surface area contributed by atoms with Crippen molar-refractivity contribution < 1.29 is 9.53 Å². The molecular weight excluding hydrogens is 278 g/mol. The molecule has 0 spiro atoms. The summed E-state index contributed by atoms with van der Waals surface area (Å²) in [5, 5.41) is 5.35. The smallest absolute Gasteiger partial charge is 0.330 e. The highest BCUT2D eigenvalue weighted by Gasteiger charge is 2.17. The zero-order valence-electron chi connectivity index (χ0n) is 12.4. The van der Waals surface area contributed by atoms with Crippen molar-refractivity contribution in [1.29, 1.82) is 0 Å². The lowest BCUT2D eigenvalue weighted by Crippen LogP contribution is -2.41. The minimum atomic E-state index is -0.665. The molecule has 0 aromatic carbocycles. The number of anilines is 2. The first-order valence-electron chi connectivity index (χ1n) is 6.58. The molecule has 0 aliphatic rings. The Morgan fingerprint density at radius 2 is 2.14 bits per heavy atom. The van der Waals surface area contributed by atoms with E-state index in [2.05, 4.69) is 15.6 Å². The number of carbonyl (C=O) groups is 1. The molecule has 1 aromatic heterocycles. The number of nitrogens with two attached hydrogens (primary N) is 1. The van der Waals surface area contributed by atoms with Gasteiger partial charge in [-0.2, -0.15) is 0 Å². The zero-order valence-corrected chi connectivity index (χ0v) is 12.4. The van der Waals surface area contributed by atoms with Crippen LogP contribution in [-0.2, 0) is 16.1 Å². The van der Waals surface area contributed by atoms with Gasteiger partial charge in [0.05, 0.1) is 13.2 Å². The number of rotatable bonds is 7. The lowest BCUT2D eigenvalue weighted by atomic mass is 10.3. The van der Waals surface area contributed by atoms with Gasteiger partial charge >= 0.3 is 5.69 Å². The van der Waals surface area contributed by atoms with Crippen LogP contribution in [0.25, 0.3) is 0 Å². The molecule has 1 amide bonds. The summed E-state index contributed by atoms with van der Waals surface area (Å²) in [4.78, 5) is 37.4. The molecule has 1 atom stereocenters. The maximum atomic E-state index is 11.8. The minimum Gasteiger partial charge on any atom is -0.383 e. The van der Waals surface area contributed by atoms with Gasteiger partial charge in [-0.3, -0.25) is 19.1 Å². The Kier molecular flexibility index (Phi) is 5.97. The van der Waals surface area contributed by atoms with E-state index in [1.807, 2.05) is 0 Å². The van der Waals surface area contributed by atoms with Crippen molar-refractivity contribution in [2.45, 2.75) is 26.4 Å². The topological polar surface area (TPSA) is 131 Å². The molecule has 0 fully saturated rings. The highest BCUT2D eigenvalue weighted by Crippen LogP contribution is 2.11. The van der Waals surface area contributed by atoms with Gasteiger partial charge in [-0.25, -0.2) is 4.79 Å². The Balaban J connectivity index is 3.09. The normalized spacial score (nSPS) is 12.0. The van der Waals surface area contributed by atoms with Crippen molar-refractivity contribution in [3.63, 3.8) is 0 Å². The molecule has 1 aromatic rings. The molecule has 9 nitrogen and oxygen atoms in total. The molecule has 5 N–H and O–H groups in total. The lowest BCUT2D eigenvalue weighted by molar-refractivity contribution is -0.121. The van der Waals surface area contributed by atoms with E-state index in [1.165, 1.54) is 11.7 Å². The van der Waals surface area contributed by atoms with Crippen LogP contribution < -0.4 is 27.6 Å². The molecule has 118 valence electrons. The molecule has 0 saturated carbocycles. The summed E-state index contributed by atoms with van der Waals surface area (Å²) in [6.07, 6.45) is 0. The third kappa shape index (κ3) is 4.09. The van der Waals surface area contributed by atoms with Crippen molar-refractivity contribution >= 4 is 17.4 Å². The van der Waals surface area contributed by atoms with Crippen LogP contribution >= 0.6 is 0 Å². The Bertz CT molecular complexity index is 607. The number of aromatic nitrogens is 2. The standard InChI is InChI=1S/C12H21N5O4/c1-4-14-10(18)7(2)15-8-9(13)17(5-6-21-3)12(20)16-11(8)19/h7,15H,4-6,13H2,1-3H3,(H,14,18)(H,16,19,20). The predicted octanol–water partition coefficient (Wildman–Crippen LogP) is -1.30. The predicted molar refractivity (Wildman–Crippen MR) is 79.4 cm³/mol. The molecule has 0 aliphatic carbocycles. The van der Waals surface area contributed by atoms with Gasteiger partial charge < -0.3 is 21.1 Å². The van der Waals surface area contributed by atoms with Crippen molar-refractivity contribution in [3.05, 3.63) is 20.8 Å². The molecule has 0 saturated heterocycles. The molecule has 0 aliphatic heterocycles. The number of nitrogens with one attached hydrogen (secondary N) is 3. The largest absolute Gasteiger partial charge is 0.383 e. The van der Waals surface area contributed by atoms with Gasteiger partial charge in [0.15, 0.2) is 0 Å². The number of amides is 1. The number of aromatic amines is 1. The van der Waals surface area contributed by atoms with Crippen LogP contribution in [0.2, 0.25) is 0 Å². The van der Waals surface area contributed by atoms with Gasteiger partial charge in [-0.1, -0.05) is 0 Å². The molecule has 1 heterocycles. The summed E-state index contributed by atoms with van der Waals surface area (Å²) in [7, 11) is 1.49. The maximum Gasteiger partial charge on any atom is 0.330 e. The van der Waals surface area contributed by atoms with Gasteiger partial charge in [0.25, 0.3) is 5.56 Å². The van der Waals surface area contributed by atoms with E-state index in [4.69, 9.17) is 10.5 Å². The summed E-state index contributed by atoms with van der Waals surface area (Å²) in [6.45, 7) is 4.32. The number of nitrogen functional groups attached to an aromatic ring is 1. The zero-order chi connectivity index (χ0) is 16.0. The van der Waals surface area contributed by atoms with Gasteiger partial charge in [-0.05, 0) is 13.8 Å². The fourth-order valence-corrected chi connectivity index (χ4v) is 1.74. The molecule has 21 heavy (non-hydrogen) atoms. The van der Waals surface area contributed by atoms with Crippen LogP contribution in [-0.4, -0.2) is 41.8 Å². The van der Waals surface area contributed by atoms with E-state index in [1.54, 1.807) is 13.8 Å². The molecule has 9 heteroatoms. The van der Waals surface area contributed by atoms with E-state index >= 15 is 0 Å². The molecule has 1 unspecified atom stereocenters. The third-order valence-corrected chi connectivity index (χ3v) is 2.86. The monoisotopic (exact) mass is 299 g/mol. The Labute approximate surface area is 121 Å². The molecule has 0 bridgehead atoms. The maximum absolute atomic E-state index is 11.8. The minimum absolute atomic E-state index is 0.00976. The van der Waals surface area contributed by atoms with Gasteiger partial charge in [-0.15, -0.1) is 0 Å². The average Bonchev–Trinajstić information content (AvgIpc) is 2.43. The number of hydrogen-bond acceptors (Lipinski definition) is 6. The van der Waals surface area contributed by atoms with Crippen LogP contribution in [0.5, 0.6) is 0 Å².